The molecule has 2 rings (SSSR count). The summed E-state index contributed by atoms with van der Waals surface area (Å²) in [6, 6.07) is 7.85. The summed E-state index contributed by atoms with van der Waals surface area (Å²) >= 11 is 5.96. The van der Waals surface area contributed by atoms with Gasteiger partial charge in [-0.05, 0) is 30.5 Å². The van der Waals surface area contributed by atoms with Gasteiger partial charge in [-0.1, -0.05) is 36.6 Å². The van der Waals surface area contributed by atoms with E-state index < -0.39 is 0 Å². The Morgan fingerprint density at radius 3 is 2.26 bits per heavy atom. The first kappa shape index (κ1) is 19.7. The van der Waals surface area contributed by atoms with Crippen LogP contribution >= 0.6 is 24.0 Å². The van der Waals surface area contributed by atoms with E-state index in [9.17, 15) is 9.59 Å². The number of halogens is 2. The largest absolute Gasteiger partial charge is 0.354 e. The topological polar surface area (TPSA) is 84.2 Å². The van der Waals surface area contributed by atoms with Crippen molar-refractivity contribution >= 4 is 35.8 Å². The van der Waals surface area contributed by atoms with E-state index in [-0.39, 0.29) is 42.7 Å². The molecule has 128 valence electrons. The van der Waals surface area contributed by atoms with Gasteiger partial charge in [0, 0.05) is 17.0 Å². The molecule has 0 spiro atoms. The molecule has 1 aromatic rings. The SMILES string of the molecule is Cl.NCC(=O)NCC(=O)NCC1(c2ccc(Cl)cc2)CCCC1. The molecule has 1 aliphatic rings. The van der Waals surface area contributed by atoms with Gasteiger partial charge in [0.1, 0.15) is 0 Å². The fraction of sp³-hybridized carbons (Fsp3) is 0.500. The van der Waals surface area contributed by atoms with E-state index in [1.807, 2.05) is 24.3 Å². The molecular weight excluding hydrogens is 337 g/mol. The number of hydrogen-bond acceptors (Lipinski definition) is 3. The number of amides is 2. The predicted molar refractivity (Wildman–Crippen MR) is 93.9 cm³/mol. The number of carbonyl (C=O) groups excluding carboxylic acids is 2. The van der Waals surface area contributed by atoms with Crippen molar-refractivity contribution in [3.05, 3.63) is 34.9 Å². The van der Waals surface area contributed by atoms with Gasteiger partial charge in [0.05, 0.1) is 13.1 Å². The van der Waals surface area contributed by atoms with Crippen LogP contribution < -0.4 is 16.4 Å². The molecule has 1 saturated carbocycles. The lowest BCUT2D eigenvalue weighted by molar-refractivity contribution is -0.125. The lowest BCUT2D eigenvalue weighted by Crippen LogP contribution is -2.44. The summed E-state index contributed by atoms with van der Waals surface area (Å²) in [6.45, 7) is 0.431. The van der Waals surface area contributed by atoms with Crippen molar-refractivity contribution in [3.63, 3.8) is 0 Å². The van der Waals surface area contributed by atoms with Crippen LogP contribution in [0.15, 0.2) is 24.3 Å². The van der Waals surface area contributed by atoms with Crippen LogP contribution in [0.3, 0.4) is 0 Å². The molecule has 7 heteroatoms. The van der Waals surface area contributed by atoms with Crippen LogP contribution in [0.1, 0.15) is 31.2 Å². The van der Waals surface area contributed by atoms with Crippen molar-refractivity contribution in [1.29, 1.82) is 0 Å². The Morgan fingerprint density at radius 2 is 1.70 bits per heavy atom. The highest BCUT2D eigenvalue weighted by atomic mass is 35.5. The first-order valence-electron chi connectivity index (χ1n) is 7.55. The molecule has 0 atom stereocenters. The van der Waals surface area contributed by atoms with E-state index in [0.717, 1.165) is 25.7 Å². The van der Waals surface area contributed by atoms with E-state index in [2.05, 4.69) is 10.6 Å². The summed E-state index contributed by atoms with van der Waals surface area (Å²) in [5, 5.41) is 6.12. The van der Waals surface area contributed by atoms with Gasteiger partial charge in [0.25, 0.3) is 0 Å². The van der Waals surface area contributed by atoms with Crippen molar-refractivity contribution in [2.45, 2.75) is 31.1 Å². The van der Waals surface area contributed by atoms with Gasteiger partial charge in [-0.25, -0.2) is 0 Å². The molecule has 1 aliphatic carbocycles. The van der Waals surface area contributed by atoms with Gasteiger partial charge in [-0.3, -0.25) is 9.59 Å². The van der Waals surface area contributed by atoms with Crippen molar-refractivity contribution in [2.75, 3.05) is 19.6 Å². The summed E-state index contributed by atoms with van der Waals surface area (Å²) in [6.07, 6.45) is 4.40. The van der Waals surface area contributed by atoms with Gasteiger partial charge in [-0.2, -0.15) is 0 Å². The van der Waals surface area contributed by atoms with Gasteiger partial charge in [-0.15, -0.1) is 12.4 Å². The third-order valence-electron chi connectivity index (χ3n) is 4.27. The van der Waals surface area contributed by atoms with Crippen LogP contribution in [0.5, 0.6) is 0 Å². The van der Waals surface area contributed by atoms with E-state index in [0.29, 0.717) is 11.6 Å². The number of rotatable bonds is 6. The highest BCUT2D eigenvalue weighted by Gasteiger charge is 2.35. The number of carbonyl (C=O) groups is 2. The summed E-state index contributed by atoms with van der Waals surface area (Å²) in [5.41, 5.74) is 6.37. The predicted octanol–water partition coefficient (Wildman–Crippen LogP) is 1.76. The maximum Gasteiger partial charge on any atom is 0.239 e. The molecular formula is C16H23Cl2N3O2. The lowest BCUT2D eigenvalue weighted by atomic mass is 9.79. The maximum absolute atomic E-state index is 11.9. The highest BCUT2D eigenvalue weighted by Crippen LogP contribution is 2.40. The van der Waals surface area contributed by atoms with Crippen LogP contribution in [0.25, 0.3) is 0 Å². The van der Waals surface area contributed by atoms with Crippen molar-refractivity contribution in [1.82, 2.24) is 10.6 Å². The van der Waals surface area contributed by atoms with Crippen LogP contribution in [-0.4, -0.2) is 31.4 Å². The smallest absolute Gasteiger partial charge is 0.239 e. The Kier molecular flexibility index (Phi) is 7.82. The molecule has 0 radical (unpaired) electrons. The molecule has 1 fully saturated rings. The first-order chi connectivity index (χ1) is 10.6. The molecule has 0 aliphatic heterocycles. The minimum Gasteiger partial charge on any atom is -0.354 e. The summed E-state index contributed by atoms with van der Waals surface area (Å²) in [7, 11) is 0. The van der Waals surface area contributed by atoms with Crippen LogP contribution in [0.2, 0.25) is 5.02 Å². The number of benzene rings is 1. The van der Waals surface area contributed by atoms with Gasteiger partial charge >= 0.3 is 0 Å². The van der Waals surface area contributed by atoms with Crippen molar-refractivity contribution in [2.24, 2.45) is 5.73 Å². The molecule has 0 heterocycles. The molecule has 0 bridgehead atoms. The Bertz CT molecular complexity index is 529. The zero-order chi connectivity index (χ0) is 16.0. The second kappa shape index (κ2) is 9.11. The molecule has 0 saturated heterocycles. The number of nitrogens with one attached hydrogen (secondary N) is 2. The van der Waals surface area contributed by atoms with Crippen molar-refractivity contribution < 1.29 is 9.59 Å². The Hall–Kier alpha value is -1.30. The van der Waals surface area contributed by atoms with Crippen LogP contribution in [0, 0.1) is 0 Å². The van der Waals surface area contributed by atoms with Crippen LogP contribution in [0.4, 0.5) is 0 Å². The van der Waals surface area contributed by atoms with Gasteiger partial charge < -0.3 is 16.4 Å². The second-order valence-electron chi connectivity index (χ2n) is 5.75. The van der Waals surface area contributed by atoms with Gasteiger partial charge in [0.15, 0.2) is 0 Å². The van der Waals surface area contributed by atoms with E-state index in [1.54, 1.807) is 0 Å². The Morgan fingerprint density at radius 1 is 1.09 bits per heavy atom. The standard InChI is InChI=1S/C16H22ClN3O2.ClH/c17-13-5-3-12(4-6-13)16(7-1-2-8-16)11-20-15(22)10-19-14(21)9-18;/h3-6H,1-2,7-11,18H2,(H,19,21)(H,20,22);1H. The first-order valence-corrected chi connectivity index (χ1v) is 7.93. The summed E-state index contributed by atoms with van der Waals surface area (Å²) in [5.74, 6) is -0.523. The fourth-order valence-electron chi connectivity index (χ4n) is 3.00. The monoisotopic (exact) mass is 359 g/mol. The molecule has 2 amide bonds. The Balaban J connectivity index is 0.00000264. The highest BCUT2D eigenvalue weighted by molar-refractivity contribution is 6.30. The quantitative estimate of drug-likeness (QED) is 0.723. The zero-order valence-corrected chi connectivity index (χ0v) is 14.5. The lowest BCUT2D eigenvalue weighted by Gasteiger charge is -2.30. The van der Waals surface area contributed by atoms with E-state index in [4.69, 9.17) is 17.3 Å². The second-order valence-corrected chi connectivity index (χ2v) is 6.19. The van der Waals surface area contributed by atoms with Gasteiger partial charge in [0.2, 0.25) is 11.8 Å². The average molecular weight is 360 g/mol. The van der Waals surface area contributed by atoms with Crippen LogP contribution in [-0.2, 0) is 15.0 Å². The third kappa shape index (κ3) is 5.37. The van der Waals surface area contributed by atoms with Crippen molar-refractivity contribution in [3.8, 4) is 0 Å². The molecule has 23 heavy (non-hydrogen) atoms. The minimum absolute atomic E-state index is 0. The average Bonchev–Trinajstić information content (AvgIpc) is 3.01. The summed E-state index contributed by atoms with van der Waals surface area (Å²) < 4.78 is 0. The molecule has 5 nitrogen and oxygen atoms in total. The third-order valence-corrected chi connectivity index (χ3v) is 4.52. The molecule has 4 N–H and O–H groups in total. The van der Waals surface area contributed by atoms with E-state index in [1.165, 1.54) is 5.56 Å². The Labute approximate surface area is 147 Å². The minimum atomic E-state index is -0.330. The fourth-order valence-corrected chi connectivity index (χ4v) is 3.13. The molecule has 1 aromatic carbocycles. The molecule has 0 unspecified atom stereocenters. The number of hydrogen-bond donors (Lipinski definition) is 3. The van der Waals surface area contributed by atoms with E-state index >= 15 is 0 Å². The number of nitrogens with two attached hydrogens (primary N) is 1. The zero-order valence-electron chi connectivity index (χ0n) is 12.9. The molecule has 0 aromatic heterocycles. The maximum atomic E-state index is 11.9. The normalized spacial score (nSPS) is 15.6. The summed E-state index contributed by atoms with van der Waals surface area (Å²) in [4.78, 5) is 22.9.